The van der Waals surface area contributed by atoms with Gasteiger partial charge in [-0.2, -0.15) is 0 Å². The molecule has 76 valence electrons. The highest BCUT2D eigenvalue weighted by atomic mass is 32.1. The Balaban J connectivity index is 2.54. The van der Waals surface area contributed by atoms with Crippen LogP contribution in [0.4, 0.5) is 10.1 Å². The van der Waals surface area contributed by atoms with Gasteiger partial charge in [-0.1, -0.05) is 31.3 Å². The van der Waals surface area contributed by atoms with Gasteiger partial charge < -0.3 is 11.1 Å². The minimum absolute atomic E-state index is 0.0598. The van der Waals surface area contributed by atoms with Gasteiger partial charge in [0.05, 0.1) is 10.7 Å². The second kappa shape index (κ2) is 4.91. The second-order valence-electron chi connectivity index (χ2n) is 3.16. The average molecular weight is 212 g/mol. The maximum absolute atomic E-state index is 13.1. The predicted octanol–water partition coefficient (Wildman–Crippen LogP) is 2.16. The van der Waals surface area contributed by atoms with Crippen LogP contribution in [0.15, 0.2) is 24.3 Å². The number of nitrogens with two attached hydrogens (primary N) is 1. The predicted molar refractivity (Wildman–Crippen MR) is 60.8 cm³/mol. The van der Waals surface area contributed by atoms with Crippen molar-refractivity contribution in [3.8, 4) is 0 Å². The number of nitrogens with one attached hydrogen (secondary N) is 1. The molecule has 1 aromatic rings. The summed E-state index contributed by atoms with van der Waals surface area (Å²) in [6.45, 7) is 2.45. The lowest BCUT2D eigenvalue weighted by atomic mass is 10.2. The van der Waals surface area contributed by atoms with E-state index in [-0.39, 0.29) is 11.7 Å². The van der Waals surface area contributed by atoms with Crippen LogP contribution in [0.5, 0.6) is 0 Å². The van der Waals surface area contributed by atoms with E-state index in [2.05, 4.69) is 5.32 Å². The molecule has 3 N–H and O–H groups in total. The molecule has 0 saturated carbocycles. The number of thiocarbonyl (C=S) groups is 1. The molecule has 0 aliphatic heterocycles. The van der Waals surface area contributed by atoms with Crippen LogP contribution in [-0.4, -0.2) is 11.5 Å². The first-order valence-electron chi connectivity index (χ1n) is 4.39. The number of rotatable bonds is 4. The third-order valence-corrected chi connectivity index (χ3v) is 2.36. The van der Waals surface area contributed by atoms with E-state index in [9.17, 15) is 4.39 Å². The quantitative estimate of drug-likeness (QED) is 0.751. The number of halogens is 1. The van der Waals surface area contributed by atoms with Crippen LogP contribution in [0, 0.1) is 11.7 Å². The molecule has 0 bridgehead atoms. The summed E-state index contributed by atoms with van der Waals surface area (Å²) in [6, 6.07) is 6.52. The molecule has 0 radical (unpaired) electrons. The van der Waals surface area contributed by atoms with E-state index in [1.807, 2.05) is 6.92 Å². The van der Waals surface area contributed by atoms with Gasteiger partial charge in [0.25, 0.3) is 0 Å². The monoisotopic (exact) mass is 212 g/mol. The third kappa shape index (κ3) is 2.96. The molecule has 0 amide bonds. The largest absolute Gasteiger partial charge is 0.393 e. The molecular weight excluding hydrogens is 199 g/mol. The van der Waals surface area contributed by atoms with Crippen LogP contribution < -0.4 is 11.1 Å². The van der Waals surface area contributed by atoms with Gasteiger partial charge in [-0.15, -0.1) is 0 Å². The van der Waals surface area contributed by atoms with Gasteiger partial charge >= 0.3 is 0 Å². The Bertz CT molecular complexity index is 328. The number of benzene rings is 1. The number of hydrogen-bond donors (Lipinski definition) is 2. The van der Waals surface area contributed by atoms with Crippen molar-refractivity contribution in [2.75, 3.05) is 11.9 Å². The van der Waals surface area contributed by atoms with E-state index in [1.54, 1.807) is 18.2 Å². The van der Waals surface area contributed by atoms with Crippen molar-refractivity contribution in [2.24, 2.45) is 11.7 Å². The van der Waals surface area contributed by atoms with Crippen molar-refractivity contribution in [1.82, 2.24) is 0 Å². The molecule has 14 heavy (non-hydrogen) atoms. The molecule has 0 saturated heterocycles. The Morgan fingerprint density at radius 2 is 2.21 bits per heavy atom. The van der Waals surface area contributed by atoms with Gasteiger partial charge in [-0.25, -0.2) is 4.39 Å². The van der Waals surface area contributed by atoms with Gasteiger partial charge in [-0.05, 0) is 12.1 Å². The first-order valence-corrected chi connectivity index (χ1v) is 4.80. The van der Waals surface area contributed by atoms with Crippen molar-refractivity contribution >= 4 is 22.9 Å². The lowest BCUT2D eigenvalue weighted by Gasteiger charge is -2.12. The summed E-state index contributed by atoms with van der Waals surface area (Å²) in [5, 5.41) is 2.95. The first kappa shape index (κ1) is 10.9. The number of hydrogen-bond acceptors (Lipinski definition) is 2. The normalized spacial score (nSPS) is 12.1. The molecule has 2 nitrogen and oxygen atoms in total. The van der Waals surface area contributed by atoms with Gasteiger partial charge in [0.2, 0.25) is 0 Å². The van der Waals surface area contributed by atoms with E-state index < -0.39 is 0 Å². The van der Waals surface area contributed by atoms with Crippen LogP contribution in [0.25, 0.3) is 0 Å². The van der Waals surface area contributed by atoms with Crippen LogP contribution in [0.1, 0.15) is 6.92 Å². The Kier molecular flexibility index (Phi) is 3.83. The zero-order valence-electron chi connectivity index (χ0n) is 7.96. The molecule has 4 heteroatoms. The second-order valence-corrected chi connectivity index (χ2v) is 3.64. The fraction of sp³-hybridized carbons (Fsp3) is 0.300. The molecule has 0 aromatic heterocycles. The summed E-state index contributed by atoms with van der Waals surface area (Å²) in [5.74, 6) is -0.202. The van der Waals surface area contributed by atoms with E-state index in [0.29, 0.717) is 17.2 Å². The zero-order chi connectivity index (χ0) is 10.6. The molecule has 1 rings (SSSR count). The van der Waals surface area contributed by atoms with Crippen molar-refractivity contribution < 1.29 is 4.39 Å². The Morgan fingerprint density at radius 3 is 2.79 bits per heavy atom. The Labute approximate surface area is 88.3 Å². The highest BCUT2D eigenvalue weighted by Gasteiger charge is 2.05. The molecule has 0 spiro atoms. The van der Waals surface area contributed by atoms with Crippen molar-refractivity contribution in [3.05, 3.63) is 30.1 Å². The molecule has 1 unspecified atom stereocenters. The summed E-state index contributed by atoms with van der Waals surface area (Å²) in [7, 11) is 0. The smallest absolute Gasteiger partial charge is 0.146 e. The summed E-state index contributed by atoms with van der Waals surface area (Å²) >= 11 is 4.81. The maximum Gasteiger partial charge on any atom is 0.146 e. The fourth-order valence-corrected chi connectivity index (χ4v) is 1.05. The number of anilines is 1. The molecule has 0 heterocycles. The van der Waals surface area contributed by atoms with E-state index >= 15 is 0 Å². The molecular formula is C10H13FN2S. The number of para-hydroxylation sites is 1. The van der Waals surface area contributed by atoms with E-state index in [0.717, 1.165) is 0 Å². The minimum Gasteiger partial charge on any atom is -0.393 e. The SMILES string of the molecule is CC(CNc1ccccc1F)C(N)=S. The third-order valence-electron chi connectivity index (χ3n) is 1.96. The topological polar surface area (TPSA) is 38.0 Å². The standard InChI is InChI=1S/C10H13FN2S/c1-7(10(12)14)6-13-9-5-3-2-4-8(9)11/h2-5,7,13H,6H2,1H3,(H2,12,14). The fourth-order valence-electron chi connectivity index (χ4n) is 0.968. The lowest BCUT2D eigenvalue weighted by molar-refractivity contribution is 0.628. The van der Waals surface area contributed by atoms with Crippen LogP contribution in [0.3, 0.4) is 0 Å². The van der Waals surface area contributed by atoms with E-state index in [1.165, 1.54) is 6.07 Å². The van der Waals surface area contributed by atoms with Crippen LogP contribution in [-0.2, 0) is 0 Å². The van der Waals surface area contributed by atoms with Crippen molar-refractivity contribution in [1.29, 1.82) is 0 Å². The first-order chi connectivity index (χ1) is 6.61. The average Bonchev–Trinajstić information content (AvgIpc) is 2.16. The molecule has 1 aromatic carbocycles. The van der Waals surface area contributed by atoms with Crippen molar-refractivity contribution in [2.45, 2.75) is 6.92 Å². The zero-order valence-corrected chi connectivity index (χ0v) is 8.77. The van der Waals surface area contributed by atoms with Crippen molar-refractivity contribution in [3.63, 3.8) is 0 Å². The summed E-state index contributed by atoms with van der Waals surface area (Å²) in [6.07, 6.45) is 0. The van der Waals surface area contributed by atoms with Gasteiger partial charge in [0.15, 0.2) is 0 Å². The summed E-state index contributed by atoms with van der Waals surface area (Å²) in [5.41, 5.74) is 5.92. The highest BCUT2D eigenvalue weighted by Crippen LogP contribution is 2.12. The molecule has 0 aliphatic rings. The van der Waals surface area contributed by atoms with Gasteiger partial charge in [-0.3, -0.25) is 0 Å². The summed E-state index contributed by atoms with van der Waals surface area (Å²) in [4.78, 5) is 0.439. The Hall–Kier alpha value is -1.16. The molecule has 0 aliphatic carbocycles. The molecule has 1 atom stereocenters. The maximum atomic E-state index is 13.1. The Morgan fingerprint density at radius 1 is 1.57 bits per heavy atom. The van der Waals surface area contributed by atoms with Crippen LogP contribution in [0.2, 0.25) is 0 Å². The van der Waals surface area contributed by atoms with Crippen LogP contribution >= 0.6 is 12.2 Å². The van der Waals surface area contributed by atoms with Gasteiger partial charge in [0.1, 0.15) is 5.82 Å². The van der Waals surface area contributed by atoms with Gasteiger partial charge in [0, 0.05) is 12.5 Å². The minimum atomic E-state index is -0.261. The molecule has 0 fully saturated rings. The highest BCUT2D eigenvalue weighted by molar-refractivity contribution is 7.80. The lowest BCUT2D eigenvalue weighted by Crippen LogP contribution is -2.25. The van der Waals surface area contributed by atoms with E-state index in [4.69, 9.17) is 18.0 Å². The summed E-state index contributed by atoms with van der Waals surface area (Å²) < 4.78 is 13.1.